The lowest BCUT2D eigenvalue weighted by Crippen LogP contribution is -2.35. The molecule has 10 nitrogen and oxygen atoms in total. The SMILES string of the molecule is O=C(O)CN(c1ccc2c(ccn2-c2ccc(O[C@@H]3CCOC3)nn2)c1)S(=O)(=O)c1cc(Cl)cc(Cl)c1. The van der Waals surface area contributed by atoms with Gasteiger partial charge in [0, 0.05) is 34.1 Å². The van der Waals surface area contributed by atoms with E-state index in [1.54, 1.807) is 41.1 Å². The van der Waals surface area contributed by atoms with Gasteiger partial charge >= 0.3 is 5.97 Å². The molecule has 0 saturated carbocycles. The normalized spacial score (nSPS) is 15.7. The highest BCUT2D eigenvalue weighted by Crippen LogP contribution is 2.31. The molecule has 0 amide bonds. The van der Waals surface area contributed by atoms with E-state index >= 15 is 0 Å². The summed E-state index contributed by atoms with van der Waals surface area (Å²) >= 11 is 12.0. The van der Waals surface area contributed by atoms with Crippen molar-refractivity contribution in [1.29, 1.82) is 0 Å². The van der Waals surface area contributed by atoms with Crippen molar-refractivity contribution in [2.24, 2.45) is 0 Å². The molecular formula is C24H20Cl2N4O6S. The maximum atomic E-state index is 13.4. The molecule has 0 bridgehead atoms. The van der Waals surface area contributed by atoms with Crippen molar-refractivity contribution in [3.05, 3.63) is 70.8 Å². The third kappa shape index (κ3) is 5.35. The minimum absolute atomic E-state index is 0.0426. The lowest BCUT2D eigenvalue weighted by Gasteiger charge is -2.23. The van der Waals surface area contributed by atoms with E-state index in [9.17, 15) is 18.3 Å². The molecule has 0 radical (unpaired) electrons. The molecule has 0 aliphatic carbocycles. The van der Waals surface area contributed by atoms with Gasteiger partial charge in [0.2, 0.25) is 5.88 Å². The maximum Gasteiger partial charge on any atom is 0.324 e. The summed E-state index contributed by atoms with van der Waals surface area (Å²) in [6.07, 6.45) is 2.52. The predicted molar refractivity (Wildman–Crippen MR) is 137 cm³/mol. The minimum Gasteiger partial charge on any atom is -0.480 e. The number of rotatable bonds is 8. The van der Waals surface area contributed by atoms with E-state index in [4.69, 9.17) is 32.7 Å². The molecular weight excluding hydrogens is 543 g/mol. The van der Waals surface area contributed by atoms with E-state index in [-0.39, 0.29) is 26.7 Å². The second-order valence-corrected chi connectivity index (χ2v) is 11.0. The molecule has 192 valence electrons. The van der Waals surface area contributed by atoms with Gasteiger partial charge < -0.3 is 14.6 Å². The van der Waals surface area contributed by atoms with Gasteiger partial charge in [-0.1, -0.05) is 23.2 Å². The number of ether oxygens (including phenoxy) is 2. The number of anilines is 1. The second-order valence-electron chi connectivity index (χ2n) is 8.27. The number of benzene rings is 2. The topological polar surface area (TPSA) is 124 Å². The number of halogens is 2. The summed E-state index contributed by atoms with van der Waals surface area (Å²) in [5.41, 5.74) is 0.881. The Hall–Kier alpha value is -3.38. The molecule has 1 fully saturated rings. The molecule has 2 aromatic heterocycles. The summed E-state index contributed by atoms with van der Waals surface area (Å²) in [6.45, 7) is 0.385. The zero-order chi connectivity index (χ0) is 26.2. The average molecular weight is 563 g/mol. The van der Waals surface area contributed by atoms with Crippen molar-refractivity contribution < 1.29 is 27.8 Å². The first-order valence-electron chi connectivity index (χ1n) is 11.1. The van der Waals surface area contributed by atoms with Gasteiger partial charge in [0.15, 0.2) is 5.82 Å². The van der Waals surface area contributed by atoms with Crippen molar-refractivity contribution in [2.75, 3.05) is 24.1 Å². The van der Waals surface area contributed by atoms with E-state index in [2.05, 4.69) is 10.2 Å². The van der Waals surface area contributed by atoms with E-state index in [0.717, 1.165) is 16.2 Å². The van der Waals surface area contributed by atoms with Crippen molar-refractivity contribution >= 4 is 55.8 Å². The van der Waals surface area contributed by atoms with Gasteiger partial charge in [0.25, 0.3) is 10.0 Å². The van der Waals surface area contributed by atoms with Crippen LogP contribution in [0.4, 0.5) is 5.69 Å². The number of aliphatic carboxylic acids is 1. The molecule has 0 unspecified atom stereocenters. The summed E-state index contributed by atoms with van der Waals surface area (Å²) in [6, 6.07) is 13.9. The first kappa shape index (κ1) is 25.3. The minimum atomic E-state index is -4.29. The number of hydrogen-bond acceptors (Lipinski definition) is 7. The van der Waals surface area contributed by atoms with Crippen LogP contribution in [0.5, 0.6) is 5.88 Å². The van der Waals surface area contributed by atoms with Gasteiger partial charge in [-0.2, -0.15) is 0 Å². The highest BCUT2D eigenvalue weighted by Gasteiger charge is 2.28. The van der Waals surface area contributed by atoms with Gasteiger partial charge in [-0.25, -0.2) is 8.42 Å². The third-order valence-electron chi connectivity index (χ3n) is 5.71. The van der Waals surface area contributed by atoms with E-state index in [1.807, 2.05) is 0 Å². The molecule has 1 aliphatic heterocycles. The Morgan fingerprint density at radius 2 is 1.89 bits per heavy atom. The van der Waals surface area contributed by atoms with E-state index in [1.165, 1.54) is 24.3 Å². The molecule has 1 saturated heterocycles. The summed E-state index contributed by atoms with van der Waals surface area (Å²) < 4.78 is 40.4. The fourth-order valence-electron chi connectivity index (χ4n) is 4.01. The van der Waals surface area contributed by atoms with Crippen LogP contribution in [0.3, 0.4) is 0 Å². The molecule has 0 spiro atoms. The van der Waals surface area contributed by atoms with Crippen LogP contribution in [0.1, 0.15) is 6.42 Å². The Kier molecular flexibility index (Phi) is 6.95. The summed E-state index contributed by atoms with van der Waals surface area (Å²) in [4.78, 5) is 11.4. The number of carboxylic acids is 1. The summed E-state index contributed by atoms with van der Waals surface area (Å²) in [5.74, 6) is -0.397. The largest absolute Gasteiger partial charge is 0.480 e. The standard InChI is InChI=1S/C24H20Cl2N4O6S/c25-16-10-17(26)12-20(11-16)37(33,34)30(13-24(31)32)18-1-2-21-15(9-18)5-7-29(21)22-3-4-23(28-27-22)36-19-6-8-35-14-19/h1-5,7,9-12,19H,6,8,13-14H2,(H,31,32)/t19-/m1/s1. The van der Waals surface area contributed by atoms with E-state index in [0.29, 0.717) is 30.3 Å². The third-order valence-corrected chi connectivity index (χ3v) is 7.90. The molecule has 13 heteroatoms. The van der Waals surface area contributed by atoms with Crippen molar-refractivity contribution in [3.8, 4) is 11.7 Å². The van der Waals surface area contributed by atoms with Crippen LogP contribution < -0.4 is 9.04 Å². The quantitative estimate of drug-likeness (QED) is 0.339. The Morgan fingerprint density at radius 3 is 2.54 bits per heavy atom. The number of hydrogen-bond donors (Lipinski definition) is 1. The van der Waals surface area contributed by atoms with Gasteiger partial charge in [0.05, 0.1) is 29.3 Å². The van der Waals surface area contributed by atoms with Crippen LogP contribution in [0.2, 0.25) is 10.0 Å². The van der Waals surface area contributed by atoms with Crippen LogP contribution in [0.25, 0.3) is 16.7 Å². The lowest BCUT2D eigenvalue weighted by molar-refractivity contribution is -0.135. The number of nitrogens with zero attached hydrogens (tertiary/aromatic N) is 4. The molecule has 1 atom stereocenters. The maximum absolute atomic E-state index is 13.4. The van der Waals surface area contributed by atoms with Crippen LogP contribution in [0.15, 0.2) is 65.7 Å². The van der Waals surface area contributed by atoms with Crippen LogP contribution in [-0.4, -0.2) is 60.1 Å². The molecule has 4 aromatic rings. The molecule has 3 heterocycles. The fraction of sp³-hybridized carbons (Fsp3) is 0.208. The Morgan fingerprint density at radius 1 is 1.11 bits per heavy atom. The first-order valence-corrected chi connectivity index (χ1v) is 13.3. The van der Waals surface area contributed by atoms with Crippen LogP contribution in [-0.2, 0) is 19.6 Å². The molecule has 5 rings (SSSR count). The number of sulfonamides is 1. The number of fused-ring (bicyclic) bond motifs is 1. The molecule has 2 aromatic carbocycles. The monoisotopic (exact) mass is 562 g/mol. The molecule has 37 heavy (non-hydrogen) atoms. The zero-order valence-corrected chi connectivity index (χ0v) is 21.4. The smallest absolute Gasteiger partial charge is 0.324 e. The van der Waals surface area contributed by atoms with Gasteiger partial charge in [-0.05, 0) is 48.5 Å². The van der Waals surface area contributed by atoms with Crippen molar-refractivity contribution in [3.63, 3.8) is 0 Å². The van der Waals surface area contributed by atoms with Gasteiger partial charge in [0.1, 0.15) is 12.6 Å². The van der Waals surface area contributed by atoms with Crippen molar-refractivity contribution in [2.45, 2.75) is 17.4 Å². The second kappa shape index (κ2) is 10.2. The number of carboxylic acid groups (broad SMARTS) is 1. The summed E-state index contributed by atoms with van der Waals surface area (Å²) in [7, 11) is -4.29. The first-order chi connectivity index (χ1) is 17.7. The highest BCUT2D eigenvalue weighted by atomic mass is 35.5. The van der Waals surface area contributed by atoms with Gasteiger partial charge in [-0.15, -0.1) is 10.2 Å². The van der Waals surface area contributed by atoms with Gasteiger partial charge in [-0.3, -0.25) is 13.7 Å². The lowest BCUT2D eigenvalue weighted by atomic mass is 10.2. The van der Waals surface area contributed by atoms with Crippen LogP contribution >= 0.6 is 23.2 Å². The zero-order valence-electron chi connectivity index (χ0n) is 19.1. The Balaban J connectivity index is 1.47. The van der Waals surface area contributed by atoms with Crippen LogP contribution in [0, 0.1) is 0 Å². The number of carbonyl (C=O) groups is 1. The number of aromatic nitrogens is 3. The molecule has 1 aliphatic rings. The molecule has 1 N–H and O–H groups in total. The summed E-state index contributed by atoms with van der Waals surface area (Å²) in [5, 5.41) is 18.7. The highest BCUT2D eigenvalue weighted by molar-refractivity contribution is 7.92. The van der Waals surface area contributed by atoms with E-state index < -0.39 is 22.5 Å². The average Bonchev–Trinajstić information content (AvgIpc) is 3.52. The Labute approximate surface area is 222 Å². The van der Waals surface area contributed by atoms with Crippen molar-refractivity contribution in [1.82, 2.24) is 14.8 Å². The Bertz CT molecular complexity index is 1550. The fourth-order valence-corrected chi connectivity index (χ4v) is 6.14. The predicted octanol–water partition coefficient (Wildman–Crippen LogP) is 4.17.